The lowest BCUT2D eigenvalue weighted by Gasteiger charge is -2.42. The molecule has 0 saturated carbocycles. The Labute approximate surface area is 700 Å². The first-order valence-corrected chi connectivity index (χ1v) is 41.7. The Bertz CT molecular complexity index is 5000. The third-order valence-corrected chi connectivity index (χ3v) is 23.6. The quantitative estimate of drug-likeness (QED) is 0.0373. The summed E-state index contributed by atoms with van der Waals surface area (Å²) in [5.74, 6) is 4.72. The summed E-state index contributed by atoms with van der Waals surface area (Å²) in [6.07, 6.45) is 13.0. The number of aromatic amines is 3. The lowest BCUT2D eigenvalue weighted by molar-refractivity contribution is -0.145. The van der Waals surface area contributed by atoms with Gasteiger partial charge in [0, 0.05) is 113 Å². The molecule has 10 aromatic rings. The van der Waals surface area contributed by atoms with Crippen LogP contribution in [-0.2, 0) is 27.2 Å². The second-order valence-electron chi connectivity index (χ2n) is 32.0. The van der Waals surface area contributed by atoms with Crippen LogP contribution >= 0.6 is 34.8 Å². The highest BCUT2D eigenvalue weighted by atomic mass is 35.5. The number of benzene rings is 3. The van der Waals surface area contributed by atoms with Crippen molar-refractivity contribution in [3.8, 4) is 0 Å². The second kappa shape index (κ2) is 38.3. The lowest BCUT2D eigenvalue weighted by atomic mass is 9.85. The highest BCUT2D eigenvalue weighted by Gasteiger charge is 2.39. The molecule has 33 heteroatoms. The second-order valence-corrected chi connectivity index (χ2v) is 33.2. The van der Waals surface area contributed by atoms with Crippen molar-refractivity contribution in [1.29, 1.82) is 0 Å². The van der Waals surface area contributed by atoms with Gasteiger partial charge in [0.05, 0.1) is 49.2 Å². The van der Waals surface area contributed by atoms with E-state index < -0.39 is 5.82 Å². The van der Waals surface area contributed by atoms with E-state index in [0.29, 0.717) is 142 Å². The predicted molar refractivity (Wildman–Crippen MR) is 450 cm³/mol. The Morgan fingerprint density at radius 3 is 1.35 bits per heavy atom. The highest BCUT2D eigenvalue weighted by Crippen LogP contribution is 2.39. The summed E-state index contributed by atoms with van der Waals surface area (Å²) in [4.78, 5) is 80.4. The maximum Gasteiger partial charge on any atom is 0.291 e. The fourth-order valence-electron chi connectivity index (χ4n) is 16.6. The number of ether oxygens (including phenoxy) is 1. The summed E-state index contributed by atoms with van der Waals surface area (Å²) in [5.41, 5.74) is 10.6. The molecule has 118 heavy (non-hydrogen) atoms. The normalized spacial score (nSPS) is 17.3. The van der Waals surface area contributed by atoms with Crippen LogP contribution in [0.15, 0.2) is 77.6 Å². The molecule has 0 radical (unpaired) electrons. The molecular weight excluding hydrogens is 1570 g/mol. The summed E-state index contributed by atoms with van der Waals surface area (Å²) in [5, 5.41) is 34.2. The minimum absolute atomic E-state index is 0.00188. The van der Waals surface area contributed by atoms with Crippen molar-refractivity contribution in [2.75, 3.05) is 86.8 Å². The van der Waals surface area contributed by atoms with E-state index in [1.54, 1.807) is 43.0 Å². The number of piperidine rings is 4. The third-order valence-electron chi connectivity index (χ3n) is 22.8. The maximum absolute atomic E-state index is 15.4. The minimum atomic E-state index is -0.409. The first-order valence-electron chi connectivity index (χ1n) is 40.5. The maximum atomic E-state index is 15.4. The largest absolute Gasteiger partial charge is 0.436 e. The van der Waals surface area contributed by atoms with Crippen LogP contribution in [0.1, 0.15) is 199 Å². The number of halogens is 6. The number of nitrogens with one attached hydrogen (secondary N) is 7. The van der Waals surface area contributed by atoms with Crippen LogP contribution in [0.4, 0.5) is 59.7 Å². The Balaban J connectivity index is 0.000000154. The molecule has 5 saturated heterocycles. The van der Waals surface area contributed by atoms with Crippen LogP contribution in [-0.4, -0.2) is 197 Å². The lowest BCUT2D eigenvalue weighted by Crippen LogP contribution is -2.57. The number of morpholine rings is 1. The van der Waals surface area contributed by atoms with E-state index in [1.165, 1.54) is 18.6 Å². The van der Waals surface area contributed by atoms with Gasteiger partial charge < -0.3 is 45.1 Å². The van der Waals surface area contributed by atoms with Gasteiger partial charge in [0.25, 0.3) is 5.91 Å². The van der Waals surface area contributed by atoms with Gasteiger partial charge in [0.2, 0.25) is 23.5 Å². The number of aromatic nitrogens is 13. The number of aryl methyl sites for hydroxylation is 8. The fourth-order valence-corrected chi connectivity index (χ4v) is 17.0. The van der Waals surface area contributed by atoms with Crippen LogP contribution in [0.25, 0.3) is 0 Å². The summed E-state index contributed by atoms with van der Waals surface area (Å²) >= 11 is 18.8. The number of carbonyl (C=O) groups is 3. The molecule has 5 aliphatic heterocycles. The molecule has 15 rings (SSSR count). The molecule has 0 unspecified atom stereocenters. The SMILES string of the molecule is Cc1cc(Nc2nc(Cc3cc(C)c(C4CCN(C(=O)[C@@H]5CCCCN5C(C)C)CC4)cc3F)ncc2Cl)n[nH]1.Cc1cc(Nc2nc(Cc3cc(C)c(C4CCN(C(=O)[C@@H]5COCCN5C(C)C)CC4)cc3F)ncc2Cl)n[nH]1.Cc1cc(Nc2nc(Nc3cc(C)c(C4CCN(C(=O)c5oc(C)nc5C)CC4)cc3F)ncc2Cl)n[nH]1. The third kappa shape index (κ3) is 20.9. The first-order chi connectivity index (χ1) is 56.6. The van der Waals surface area contributed by atoms with Gasteiger partial charge in [-0.3, -0.25) is 39.5 Å². The number of hydrogen-bond acceptors (Lipinski definition) is 21. The van der Waals surface area contributed by atoms with E-state index in [4.69, 9.17) is 44.0 Å². The van der Waals surface area contributed by atoms with Crippen LogP contribution in [0, 0.1) is 72.8 Å². The topological polar surface area (TPSA) is 314 Å². The molecule has 27 nitrogen and oxygen atoms in total. The average Bonchev–Trinajstić information content (AvgIpc) is 1.29. The van der Waals surface area contributed by atoms with E-state index >= 15 is 13.2 Å². The number of hydrogen-bond donors (Lipinski definition) is 7. The molecule has 7 aromatic heterocycles. The van der Waals surface area contributed by atoms with E-state index in [0.717, 1.165) is 134 Å². The van der Waals surface area contributed by atoms with Crippen molar-refractivity contribution >= 4 is 99.1 Å². The number of carbonyl (C=O) groups excluding carboxylic acids is 3. The average molecular weight is 1680 g/mol. The molecule has 7 N–H and O–H groups in total. The van der Waals surface area contributed by atoms with Crippen molar-refractivity contribution < 1.29 is 36.7 Å². The van der Waals surface area contributed by atoms with Gasteiger partial charge >= 0.3 is 0 Å². The number of anilines is 8. The Morgan fingerprint density at radius 2 is 0.907 bits per heavy atom. The number of amides is 3. The number of likely N-dealkylation sites (tertiary alicyclic amines) is 4. The summed E-state index contributed by atoms with van der Waals surface area (Å²) in [6, 6.07) is 16.4. The van der Waals surface area contributed by atoms with Gasteiger partial charge in [-0.15, -0.1) is 0 Å². The van der Waals surface area contributed by atoms with E-state index in [-0.39, 0.29) is 83.7 Å². The Morgan fingerprint density at radius 1 is 0.483 bits per heavy atom. The molecule has 12 heterocycles. The van der Waals surface area contributed by atoms with Gasteiger partial charge in [0.15, 0.2) is 40.8 Å². The number of nitrogens with zero attached hydrogens (tertiary/aromatic N) is 15. The van der Waals surface area contributed by atoms with Crippen LogP contribution < -0.4 is 21.3 Å². The molecule has 5 aliphatic rings. The van der Waals surface area contributed by atoms with Crippen LogP contribution in [0.5, 0.6) is 0 Å². The fraction of sp³-hybridized carbons (Fsp3) is 0.471. The van der Waals surface area contributed by atoms with E-state index in [2.05, 4.69) is 124 Å². The number of H-pyrrole nitrogens is 3. The van der Waals surface area contributed by atoms with E-state index in [1.807, 2.05) is 81.7 Å². The van der Waals surface area contributed by atoms with Gasteiger partial charge in [-0.05, 0) is 221 Å². The Hall–Kier alpha value is -10.1. The minimum Gasteiger partial charge on any atom is -0.436 e. The standard InChI is InChI=1S/C30H39ClFN7O.C29H37ClFN7O2.C26H28ClFN8O2/c1-18(2)39-10-6-5-7-26(39)30(40)38-11-8-21(9-12-38)23-16-25(32)22(13-19(23)3)15-27-33-17-24(31)29(34-27)35-28-14-20(4)36-37-28;1-17(2)38-9-10-40-16-25(38)29(39)37-7-5-20(6-8-37)22-14-24(31)21(11-18(22)3)13-26-32-15-23(30)28(33-26)34-27-12-19(4)35-36-27;1-13-9-21(31-26-29-12-19(27)24(33-26)32-22-10-14(2)34-35-22)20(28)11-18(13)17-5-7-36(8-6-17)25(37)23-15(3)30-16(4)38-23/h13-14,16-18,21,26H,5-12,15H2,1-4H3,(H2,33,34,35,36,37);11-12,14-15,17,20,25H,5-10,13,16H2,1-4H3,(H2,32,33,34,35,36);9-12,17H,5-8H2,1-4H3,(H3,29,31,32,33,34,35)/t26-;25-;/m00./s1. The molecule has 0 spiro atoms. The molecule has 626 valence electrons. The molecule has 2 atom stereocenters. The van der Waals surface area contributed by atoms with Crippen molar-refractivity contribution in [2.24, 2.45) is 0 Å². The zero-order valence-electron chi connectivity index (χ0n) is 68.8. The van der Waals surface area contributed by atoms with Gasteiger partial charge in [0.1, 0.15) is 50.2 Å². The van der Waals surface area contributed by atoms with E-state index in [9.17, 15) is 14.4 Å². The summed E-state index contributed by atoms with van der Waals surface area (Å²) in [6.45, 7) is 30.6. The molecule has 3 aromatic carbocycles. The van der Waals surface area contributed by atoms with Gasteiger partial charge in [-0.1, -0.05) is 53.4 Å². The van der Waals surface area contributed by atoms with Crippen molar-refractivity contribution in [3.63, 3.8) is 0 Å². The van der Waals surface area contributed by atoms with Crippen molar-refractivity contribution in [1.82, 2.24) is 90.0 Å². The van der Waals surface area contributed by atoms with Gasteiger partial charge in [-0.2, -0.15) is 20.3 Å². The van der Waals surface area contributed by atoms with Crippen LogP contribution in [0.3, 0.4) is 0 Å². The molecule has 0 aliphatic carbocycles. The highest BCUT2D eigenvalue weighted by molar-refractivity contribution is 6.33. The monoisotopic (exact) mass is 1670 g/mol. The number of rotatable bonds is 20. The van der Waals surface area contributed by atoms with Crippen molar-refractivity contribution in [2.45, 2.75) is 196 Å². The molecule has 5 fully saturated rings. The number of oxazole rings is 1. The zero-order valence-corrected chi connectivity index (χ0v) is 71.1. The van der Waals surface area contributed by atoms with Crippen LogP contribution in [0.2, 0.25) is 15.1 Å². The smallest absolute Gasteiger partial charge is 0.291 e. The predicted octanol–water partition coefficient (Wildman–Crippen LogP) is 16.4. The Kier molecular flexibility index (Phi) is 27.8. The van der Waals surface area contributed by atoms with Gasteiger partial charge in [-0.25, -0.2) is 43.1 Å². The van der Waals surface area contributed by atoms with Crippen molar-refractivity contribution in [3.05, 3.63) is 196 Å². The molecule has 3 amide bonds. The summed E-state index contributed by atoms with van der Waals surface area (Å²) < 4.78 is 57.1. The first kappa shape index (κ1) is 85.8. The summed E-state index contributed by atoms with van der Waals surface area (Å²) in [7, 11) is 0. The zero-order chi connectivity index (χ0) is 83.8. The molecule has 0 bridgehead atoms. The molecular formula is C85H104Cl3F3N22O5.